The van der Waals surface area contributed by atoms with Crippen molar-refractivity contribution in [1.29, 1.82) is 0 Å². The molecule has 2 rings (SSSR count). The number of urea groups is 1. The van der Waals surface area contributed by atoms with Crippen LogP contribution in [-0.4, -0.2) is 55.7 Å². The molecule has 2 saturated heterocycles. The van der Waals surface area contributed by atoms with Crippen molar-refractivity contribution in [3.63, 3.8) is 0 Å². The van der Waals surface area contributed by atoms with Gasteiger partial charge in [-0.25, -0.2) is 4.79 Å². The number of rotatable bonds is 5. The van der Waals surface area contributed by atoms with E-state index < -0.39 is 5.54 Å². The van der Waals surface area contributed by atoms with Gasteiger partial charge in [-0.2, -0.15) is 0 Å². The lowest BCUT2D eigenvalue weighted by Crippen LogP contribution is -2.53. The molecular weight excluding hydrogens is 234 g/mol. The maximum absolute atomic E-state index is 12.3. The molecule has 0 atom stereocenters. The summed E-state index contributed by atoms with van der Waals surface area (Å²) in [4.78, 5) is 25.6. The van der Waals surface area contributed by atoms with Crippen molar-refractivity contribution in [2.75, 3.05) is 33.4 Å². The largest absolute Gasteiger partial charge is 0.385 e. The maximum Gasteiger partial charge on any atom is 0.325 e. The number of carbonyl (C=O) groups excluding carboxylic acids is 2. The molecule has 6 heteroatoms. The standard InChI is InChI=1S/C12H21N3O3/c1-18-9-3-2-8-15-10(16)12(14-11(15)17)4-6-13-7-5-12/h13H,2-9H2,1H3,(H,14,17). The molecule has 18 heavy (non-hydrogen) atoms. The lowest BCUT2D eigenvalue weighted by Gasteiger charge is -2.31. The van der Waals surface area contributed by atoms with Crippen LogP contribution in [0.25, 0.3) is 0 Å². The van der Waals surface area contributed by atoms with Crippen LogP contribution in [-0.2, 0) is 9.53 Å². The number of unbranched alkanes of at least 4 members (excludes halogenated alkanes) is 1. The molecule has 102 valence electrons. The SMILES string of the molecule is COCCCCN1C(=O)NC2(CCNCC2)C1=O. The zero-order valence-electron chi connectivity index (χ0n) is 10.8. The molecule has 0 aliphatic carbocycles. The normalized spacial score (nSPS) is 22.6. The summed E-state index contributed by atoms with van der Waals surface area (Å²) < 4.78 is 4.96. The first kappa shape index (κ1) is 13.3. The smallest absolute Gasteiger partial charge is 0.325 e. The summed E-state index contributed by atoms with van der Waals surface area (Å²) in [6.07, 6.45) is 3.03. The van der Waals surface area contributed by atoms with Crippen molar-refractivity contribution < 1.29 is 14.3 Å². The van der Waals surface area contributed by atoms with Gasteiger partial charge in [0.15, 0.2) is 0 Å². The van der Waals surface area contributed by atoms with E-state index in [4.69, 9.17) is 4.74 Å². The van der Waals surface area contributed by atoms with E-state index >= 15 is 0 Å². The highest BCUT2D eigenvalue weighted by Gasteiger charge is 2.50. The van der Waals surface area contributed by atoms with E-state index in [-0.39, 0.29) is 11.9 Å². The second kappa shape index (κ2) is 5.67. The fraction of sp³-hybridized carbons (Fsp3) is 0.833. The molecule has 0 aromatic carbocycles. The Morgan fingerprint density at radius 3 is 2.67 bits per heavy atom. The summed E-state index contributed by atoms with van der Waals surface area (Å²) in [5, 5.41) is 6.08. The number of methoxy groups -OCH3 is 1. The predicted molar refractivity (Wildman–Crippen MR) is 66.2 cm³/mol. The number of ether oxygens (including phenoxy) is 1. The Balaban J connectivity index is 1.92. The molecule has 0 saturated carbocycles. The van der Waals surface area contributed by atoms with Gasteiger partial charge in [-0.15, -0.1) is 0 Å². The van der Waals surface area contributed by atoms with Gasteiger partial charge in [0.25, 0.3) is 5.91 Å². The van der Waals surface area contributed by atoms with Gasteiger partial charge in [-0.1, -0.05) is 0 Å². The second-order valence-corrected chi connectivity index (χ2v) is 4.92. The molecule has 2 heterocycles. The summed E-state index contributed by atoms with van der Waals surface area (Å²) in [5.74, 6) is -0.0496. The Morgan fingerprint density at radius 2 is 2.00 bits per heavy atom. The van der Waals surface area contributed by atoms with Crippen LogP contribution in [0.2, 0.25) is 0 Å². The molecule has 2 fully saturated rings. The highest BCUT2D eigenvalue weighted by atomic mass is 16.5. The van der Waals surface area contributed by atoms with Gasteiger partial charge in [0.05, 0.1) is 0 Å². The Bertz CT molecular complexity index is 327. The first-order chi connectivity index (χ1) is 8.69. The summed E-state index contributed by atoms with van der Waals surface area (Å²) in [7, 11) is 1.65. The average molecular weight is 255 g/mol. The van der Waals surface area contributed by atoms with E-state index in [2.05, 4.69) is 10.6 Å². The van der Waals surface area contributed by atoms with Crippen molar-refractivity contribution >= 4 is 11.9 Å². The van der Waals surface area contributed by atoms with Crippen LogP contribution >= 0.6 is 0 Å². The van der Waals surface area contributed by atoms with Crippen LogP contribution in [0, 0.1) is 0 Å². The van der Waals surface area contributed by atoms with Crippen LogP contribution in [0.15, 0.2) is 0 Å². The van der Waals surface area contributed by atoms with Crippen molar-refractivity contribution in [3.8, 4) is 0 Å². The van der Waals surface area contributed by atoms with Gasteiger partial charge in [0.1, 0.15) is 5.54 Å². The molecule has 2 aliphatic rings. The van der Waals surface area contributed by atoms with Gasteiger partial charge in [-0.05, 0) is 38.8 Å². The molecule has 0 unspecified atom stereocenters. The molecule has 0 bridgehead atoms. The van der Waals surface area contributed by atoms with E-state index in [0.717, 1.165) is 25.9 Å². The topological polar surface area (TPSA) is 70.7 Å². The quantitative estimate of drug-likeness (QED) is 0.539. The number of amides is 3. The first-order valence-electron chi connectivity index (χ1n) is 6.53. The van der Waals surface area contributed by atoms with Gasteiger partial charge in [0.2, 0.25) is 0 Å². The second-order valence-electron chi connectivity index (χ2n) is 4.92. The third-order valence-electron chi connectivity index (χ3n) is 3.68. The predicted octanol–water partition coefficient (Wildman–Crippen LogP) is 0.0870. The minimum atomic E-state index is -0.635. The molecule has 0 aromatic rings. The summed E-state index contributed by atoms with van der Waals surface area (Å²) in [6, 6.07) is -0.237. The highest BCUT2D eigenvalue weighted by Crippen LogP contribution is 2.26. The van der Waals surface area contributed by atoms with Crippen molar-refractivity contribution in [1.82, 2.24) is 15.5 Å². The third-order valence-corrected chi connectivity index (χ3v) is 3.68. The minimum absolute atomic E-state index is 0.0496. The van der Waals surface area contributed by atoms with Crippen molar-refractivity contribution in [2.45, 2.75) is 31.2 Å². The van der Waals surface area contributed by atoms with Crippen LogP contribution in [0.1, 0.15) is 25.7 Å². The van der Waals surface area contributed by atoms with E-state index in [1.54, 1.807) is 7.11 Å². The number of hydrogen-bond donors (Lipinski definition) is 2. The highest BCUT2D eigenvalue weighted by molar-refractivity contribution is 6.07. The molecule has 1 spiro atoms. The Morgan fingerprint density at radius 1 is 1.28 bits per heavy atom. The minimum Gasteiger partial charge on any atom is -0.385 e. The third kappa shape index (κ3) is 2.49. The molecule has 0 aromatic heterocycles. The molecule has 2 N–H and O–H groups in total. The molecule has 0 radical (unpaired) electrons. The number of nitrogens with one attached hydrogen (secondary N) is 2. The fourth-order valence-electron chi connectivity index (χ4n) is 2.59. The van der Waals surface area contributed by atoms with E-state index in [1.165, 1.54) is 4.90 Å². The van der Waals surface area contributed by atoms with Crippen LogP contribution in [0.3, 0.4) is 0 Å². The Hall–Kier alpha value is -1.14. The van der Waals surface area contributed by atoms with E-state index in [9.17, 15) is 9.59 Å². The zero-order valence-corrected chi connectivity index (χ0v) is 10.8. The number of piperidine rings is 1. The maximum atomic E-state index is 12.3. The molecule has 6 nitrogen and oxygen atoms in total. The average Bonchev–Trinajstić information content (AvgIpc) is 2.59. The molecule has 3 amide bonds. The lowest BCUT2D eigenvalue weighted by molar-refractivity contribution is -0.132. The summed E-state index contributed by atoms with van der Waals surface area (Å²) >= 11 is 0. The number of hydrogen-bond acceptors (Lipinski definition) is 4. The number of carbonyl (C=O) groups is 2. The van der Waals surface area contributed by atoms with Gasteiger partial charge >= 0.3 is 6.03 Å². The van der Waals surface area contributed by atoms with Gasteiger partial charge in [0, 0.05) is 20.3 Å². The molecular formula is C12H21N3O3. The van der Waals surface area contributed by atoms with Crippen molar-refractivity contribution in [3.05, 3.63) is 0 Å². The number of imide groups is 1. The van der Waals surface area contributed by atoms with E-state index in [0.29, 0.717) is 26.0 Å². The van der Waals surface area contributed by atoms with Crippen LogP contribution in [0.4, 0.5) is 4.79 Å². The van der Waals surface area contributed by atoms with Crippen molar-refractivity contribution in [2.24, 2.45) is 0 Å². The Labute approximate surface area is 107 Å². The van der Waals surface area contributed by atoms with Crippen LogP contribution < -0.4 is 10.6 Å². The monoisotopic (exact) mass is 255 g/mol. The van der Waals surface area contributed by atoms with Gasteiger partial charge < -0.3 is 15.4 Å². The van der Waals surface area contributed by atoms with E-state index in [1.807, 2.05) is 0 Å². The van der Waals surface area contributed by atoms with Crippen LogP contribution in [0.5, 0.6) is 0 Å². The van der Waals surface area contributed by atoms with Gasteiger partial charge in [-0.3, -0.25) is 9.69 Å². The first-order valence-corrected chi connectivity index (χ1v) is 6.53. The summed E-state index contributed by atoms with van der Waals surface area (Å²) in [5.41, 5.74) is -0.635. The zero-order chi connectivity index (χ0) is 13.0. The fourth-order valence-corrected chi connectivity index (χ4v) is 2.59. The number of nitrogens with zero attached hydrogens (tertiary/aromatic N) is 1. The summed E-state index contributed by atoms with van der Waals surface area (Å²) in [6.45, 7) is 2.72. The lowest BCUT2D eigenvalue weighted by atomic mass is 9.88. The Kier molecular flexibility index (Phi) is 4.19. The molecule has 2 aliphatic heterocycles.